The Hall–Kier alpha value is -2.50. The number of nitro benzene ring substituents is 1. The molecule has 0 spiro atoms. The largest absolute Gasteiger partial charge is 0.272 e. The lowest BCUT2D eigenvalue weighted by atomic mass is 10.1. The van der Waals surface area contributed by atoms with E-state index >= 15 is 0 Å². The average molecular weight is 231 g/mol. The number of nitro groups is 1. The Morgan fingerprint density at radius 1 is 1.29 bits per heavy atom. The Kier molecular flexibility index (Phi) is 2.70. The molecule has 86 valence electrons. The predicted octanol–water partition coefficient (Wildman–Crippen LogP) is 1.65. The van der Waals surface area contributed by atoms with E-state index in [4.69, 9.17) is 0 Å². The normalized spacial score (nSPS) is 10.2. The third-order valence-corrected chi connectivity index (χ3v) is 2.38. The molecule has 1 heterocycles. The molecule has 1 N–H and O–H groups in total. The molecule has 1 aromatic carbocycles. The Morgan fingerprint density at radius 2 is 2.06 bits per heavy atom. The molecule has 0 radical (unpaired) electrons. The molecule has 0 fully saturated rings. The van der Waals surface area contributed by atoms with E-state index in [9.17, 15) is 14.9 Å². The lowest BCUT2D eigenvalue weighted by Crippen LogP contribution is -2.05. The Balaban J connectivity index is 2.53. The van der Waals surface area contributed by atoms with E-state index in [1.807, 2.05) is 0 Å². The topological polar surface area (TPSA) is 88.9 Å². The first-order valence-corrected chi connectivity index (χ1v) is 4.89. The number of rotatable bonds is 2. The van der Waals surface area contributed by atoms with Gasteiger partial charge in [-0.15, -0.1) is 0 Å². The van der Waals surface area contributed by atoms with Crippen LogP contribution in [-0.4, -0.2) is 15.1 Å². The fourth-order valence-electron chi connectivity index (χ4n) is 1.47. The van der Waals surface area contributed by atoms with Gasteiger partial charge >= 0.3 is 0 Å². The minimum atomic E-state index is -0.440. The minimum absolute atomic E-state index is 0.0375. The highest BCUT2D eigenvalue weighted by Crippen LogP contribution is 2.24. The first-order valence-electron chi connectivity index (χ1n) is 4.89. The van der Waals surface area contributed by atoms with Crippen LogP contribution in [0.1, 0.15) is 5.56 Å². The smallest absolute Gasteiger partial charge is 0.268 e. The molecule has 0 unspecified atom stereocenters. The van der Waals surface area contributed by atoms with Crippen molar-refractivity contribution in [3.63, 3.8) is 0 Å². The number of H-pyrrole nitrogens is 1. The summed E-state index contributed by atoms with van der Waals surface area (Å²) in [7, 11) is 0. The van der Waals surface area contributed by atoms with Crippen LogP contribution in [0.25, 0.3) is 11.3 Å². The second-order valence-corrected chi connectivity index (χ2v) is 3.56. The minimum Gasteiger partial charge on any atom is -0.268 e. The van der Waals surface area contributed by atoms with E-state index in [0.717, 1.165) is 0 Å². The van der Waals surface area contributed by atoms with Gasteiger partial charge in [0.05, 0.1) is 10.6 Å². The summed E-state index contributed by atoms with van der Waals surface area (Å²) in [5.41, 5.74) is 1.40. The zero-order valence-corrected chi connectivity index (χ0v) is 9.01. The van der Waals surface area contributed by atoms with E-state index in [1.54, 1.807) is 19.1 Å². The van der Waals surface area contributed by atoms with Crippen LogP contribution in [0.5, 0.6) is 0 Å². The second-order valence-electron chi connectivity index (χ2n) is 3.56. The van der Waals surface area contributed by atoms with Gasteiger partial charge in [0.15, 0.2) is 0 Å². The van der Waals surface area contributed by atoms with Crippen molar-refractivity contribution in [2.24, 2.45) is 0 Å². The quantitative estimate of drug-likeness (QED) is 0.628. The number of nitrogens with one attached hydrogen (secondary N) is 1. The SMILES string of the molecule is Cc1ccc(-c2ccc(=O)[nH]n2)cc1[N+](=O)[O-]. The Bertz CT molecular complexity index is 614. The number of hydrogen-bond donors (Lipinski definition) is 1. The molecule has 0 bridgehead atoms. The maximum atomic E-state index is 10.9. The van der Waals surface area contributed by atoms with Gasteiger partial charge in [-0.2, -0.15) is 5.10 Å². The van der Waals surface area contributed by atoms with E-state index in [-0.39, 0.29) is 11.2 Å². The van der Waals surface area contributed by atoms with Crippen LogP contribution in [0.4, 0.5) is 5.69 Å². The van der Waals surface area contributed by atoms with E-state index < -0.39 is 4.92 Å². The molecule has 0 amide bonds. The van der Waals surface area contributed by atoms with Crippen LogP contribution in [-0.2, 0) is 0 Å². The van der Waals surface area contributed by atoms with Crippen molar-refractivity contribution in [3.05, 3.63) is 56.4 Å². The molecule has 6 heteroatoms. The first-order chi connectivity index (χ1) is 8.08. The van der Waals surface area contributed by atoms with Crippen LogP contribution in [0, 0.1) is 17.0 Å². The van der Waals surface area contributed by atoms with Gasteiger partial charge in [0.1, 0.15) is 0 Å². The van der Waals surface area contributed by atoms with Gasteiger partial charge in [0, 0.05) is 23.3 Å². The van der Waals surface area contributed by atoms with Crippen LogP contribution in [0.15, 0.2) is 35.1 Å². The fourth-order valence-corrected chi connectivity index (χ4v) is 1.47. The number of nitrogens with zero attached hydrogens (tertiary/aromatic N) is 2. The summed E-state index contributed by atoms with van der Waals surface area (Å²) in [6, 6.07) is 7.67. The molecule has 2 rings (SSSR count). The lowest BCUT2D eigenvalue weighted by Gasteiger charge is -2.01. The summed E-state index contributed by atoms with van der Waals surface area (Å²) in [5.74, 6) is 0. The van der Waals surface area contributed by atoms with Gasteiger partial charge in [-0.3, -0.25) is 14.9 Å². The van der Waals surface area contributed by atoms with Crippen molar-refractivity contribution in [2.75, 3.05) is 0 Å². The predicted molar refractivity (Wildman–Crippen MR) is 61.7 cm³/mol. The molecule has 1 aromatic heterocycles. The summed E-state index contributed by atoms with van der Waals surface area (Å²) < 4.78 is 0. The van der Waals surface area contributed by atoms with E-state index in [2.05, 4.69) is 10.2 Å². The summed E-state index contributed by atoms with van der Waals surface area (Å²) >= 11 is 0. The van der Waals surface area contributed by atoms with Gasteiger partial charge in [0.25, 0.3) is 11.2 Å². The van der Waals surface area contributed by atoms with Crippen LogP contribution < -0.4 is 5.56 Å². The van der Waals surface area contributed by atoms with Crippen molar-refractivity contribution >= 4 is 5.69 Å². The van der Waals surface area contributed by atoms with Gasteiger partial charge in [-0.25, -0.2) is 5.10 Å². The van der Waals surface area contributed by atoms with Crippen LogP contribution in [0.2, 0.25) is 0 Å². The monoisotopic (exact) mass is 231 g/mol. The molecule has 2 aromatic rings. The highest BCUT2D eigenvalue weighted by Gasteiger charge is 2.12. The zero-order valence-electron chi connectivity index (χ0n) is 9.01. The Morgan fingerprint density at radius 3 is 2.65 bits per heavy atom. The molecule has 0 aliphatic rings. The van der Waals surface area contributed by atoms with Gasteiger partial charge in [-0.05, 0) is 13.0 Å². The molecular weight excluding hydrogens is 222 g/mol. The van der Waals surface area contributed by atoms with Crippen molar-refractivity contribution in [1.29, 1.82) is 0 Å². The van der Waals surface area contributed by atoms with Crippen molar-refractivity contribution < 1.29 is 4.92 Å². The van der Waals surface area contributed by atoms with E-state index in [0.29, 0.717) is 16.8 Å². The number of hydrogen-bond acceptors (Lipinski definition) is 4. The number of aromatic nitrogens is 2. The van der Waals surface area contributed by atoms with Gasteiger partial charge in [-0.1, -0.05) is 12.1 Å². The standard InChI is InChI=1S/C11H9N3O3/c1-7-2-3-8(6-10(7)14(16)17)9-4-5-11(15)13-12-9/h2-6H,1H3,(H,13,15). The van der Waals surface area contributed by atoms with Gasteiger partial charge < -0.3 is 0 Å². The number of benzene rings is 1. The first kappa shape index (κ1) is 11.0. The third-order valence-electron chi connectivity index (χ3n) is 2.38. The molecule has 0 aliphatic heterocycles. The fraction of sp³-hybridized carbons (Fsp3) is 0.0909. The molecule has 17 heavy (non-hydrogen) atoms. The van der Waals surface area contributed by atoms with Crippen LogP contribution >= 0.6 is 0 Å². The Labute approximate surface area is 96.1 Å². The van der Waals surface area contributed by atoms with Crippen molar-refractivity contribution in [2.45, 2.75) is 6.92 Å². The second kappa shape index (κ2) is 4.17. The summed E-state index contributed by atoms with van der Waals surface area (Å²) in [5, 5.41) is 16.9. The lowest BCUT2D eigenvalue weighted by molar-refractivity contribution is -0.385. The summed E-state index contributed by atoms with van der Waals surface area (Å²) in [6.45, 7) is 1.67. The third kappa shape index (κ3) is 2.20. The highest BCUT2D eigenvalue weighted by molar-refractivity contribution is 5.63. The molecule has 6 nitrogen and oxygen atoms in total. The molecular formula is C11H9N3O3. The zero-order chi connectivity index (χ0) is 12.4. The average Bonchev–Trinajstić information content (AvgIpc) is 2.30. The maximum Gasteiger partial charge on any atom is 0.272 e. The molecule has 0 saturated carbocycles. The summed E-state index contributed by atoms with van der Waals surface area (Å²) in [4.78, 5) is 21.2. The van der Waals surface area contributed by atoms with E-state index in [1.165, 1.54) is 18.2 Å². The summed E-state index contributed by atoms with van der Waals surface area (Å²) in [6.07, 6.45) is 0. The molecule has 0 atom stereocenters. The van der Waals surface area contributed by atoms with Crippen molar-refractivity contribution in [1.82, 2.24) is 10.2 Å². The highest BCUT2D eigenvalue weighted by atomic mass is 16.6. The van der Waals surface area contributed by atoms with Crippen LogP contribution in [0.3, 0.4) is 0 Å². The number of aryl methyl sites for hydroxylation is 1. The maximum absolute atomic E-state index is 10.9. The molecule has 0 aliphatic carbocycles. The van der Waals surface area contributed by atoms with Crippen molar-refractivity contribution in [3.8, 4) is 11.3 Å². The van der Waals surface area contributed by atoms with Gasteiger partial charge in [0.2, 0.25) is 0 Å². The molecule has 0 saturated heterocycles. The number of aromatic amines is 1.